The average Bonchev–Trinajstić information content (AvgIpc) is 3.16. The molecule has 0 radical (unpaired) electrons. The zero-order valence-corrected chi connectivity index (χ0v) is 18.3. The van der Waals surface area contributed by atoms with Crippen LogP contribution in [0, 0.1) is 5.82 Å². The minimum absolute atomic E-state index is 0.100. The molecule has 0 amide bonds. The lowest BCUT2D eigenvalue weighted by Crippen LogP contribution is -2.17. The second kappa shape index (κ2) is 10.1. The molecular formula is C21H26FN5O3S. The zero-order valence-electron chi connectivity index (χ0n) is 17.5. The van der Waals surface area contributed by atoms with Gasteiger partial charge in [-0.1, -0.05) is 37.3 Å². The Labute approximate surface area is 181 Å². The fourth-order valence-electron chi connectivity index (χ4n) is 3.17. The Kier molecular flexibility index (Phi) is 7.50. The van der Waals surface area contributed by atoms with E-state index in [4.69, 9.17) is 9.88 Å². The van der Waals surface area contributed by atoms with Crippen molar-refractivity contribution in [3.05, 3.63) is 71.6 Å². The number of aromatic nitrogens is 3. The van der Waals surface area contributed by atoms with Gasteiger partial charge in [0.05, 0.1) is 11.4 Å². The van der Waals surface area contributed by atoms with Gasteiger partial charge in [-0.15, -0.1) is 5.10 Å². The maximum Gasteiger partial charge on any atom is 0.238 e. The van der Waals surface area contributed by atoms with Crippen molar-refractivity contribution >= 4 is 10.0 Å². The van der Waals surface area contributed by atoms with Crippen molar-refractivity contribution in [2.75, 3.05) is 20.3 Å². The first kappa shape index (κ1) is 23.0. The molecule has 1 unspecified atom stereocenters. The third kappa shape index (κ3) is 5.73. The SMILES string of the molecule is COCCCNCc1nc(C(C)c2ccccc2)n(-c2ccc(S(N)(=O)=O)cc2F)n1. The van der Waals surface area contributed by atoms with E-state index < -0.39 is 15.8 Å². The molecule has 1 atom stereocenters. The number of nitrogens with zero attached hydrogens (tertiary/aromatic N) is 3. The molecule has 8 nitrogen and oxygen atoms in total. The van der Waals surface area contributed by atoms with Crippen molar-refractivity contribution in [2.24, 2.45) is 5.14 Å². The van der Waals surface area contributed by atoms with Gasteiger partial charge in [-0.3, -0.25) is 0 Å². The number of ether oxygens (including phenoxy) is 1. The number of hydrogen-bond donors (Lipinski definition) is 2. The molecule has 0 aliphatic rings. The Morgan fingerprint density at radius 1 is 1.23 bits per heavy atom. The second-order valence-corrected chi connectivity index (χ2v) is 8.67. The zero-order chi connectivity index (χ0) is 22.4. The van der Waals surface area contributed by atoms with E-state index in [9.17, 15) is 12.8 Å². The van der Waals surface area contributed by atoms with E-state index in [0.29, 0.717) is 24.8 Å². The molecular weight excluding hydrogens is 421 g/mol. The molecule has 0 spiro atoms. The average molecular weight is 448 g/mol. The van der Waals surface area contributed by atoms with Gasteiger partial charge in [-0.05, 0) is 36.7 Å². The van der Waals surface area contributed by atoms with Crippen LogP contribution in [-0.4, -0.2) is 43.4 Å². The lowest BCUT2D eigenvalue weighted by Gasteiger charge is -2.14. The summed E-state index contributed by atoms with van der Waals surface area (Å²) in [5, 5.41) is 12.8. The monoisotopic (exact) mass is 447 g/mol. The fourth-order valence-corrected chi connectivity index (χ4v) is 3.70. The summed E-state index contributed by atoms with van der Waals surface area (Å²) in [6.45, 7) is 3.74. The second-order valence-electron chi connectivity index (χ2n) is 7.11. The van der Waals surface area contributed by atoms with Crippen LogP contribution in [-0.2, 0) is 21.3 Å². The number of nitrogens with one attached hydrogen (secondary N) is 1. The highest BCUT2D eigenvalue weighted by atomic mass is 32.2. The van der Waals surface area contributed by atoms with Crippen LogP contribution in [0.3, 0.4) is 0 Å². The molecule has 0 saturated heterocycles. The molecule has 0 fully saturated rings. The van der Waals surface area contributed by atoms with Crippen molar-refractivity contribution in [2.45, 2.75) is 30.7 Å². The van der Waals surface area contributed by atoms with Crippen LogP contribution < -0.4 is 10.5 Å². The Balaban J connectivity index is 1.97. The summed E-state index contributed by atoms with van der Waals surface area (Å²) in [5.74, 6) is 0.123. The maximum absolute atomic E-state index is 14.9. The van der Waals surface area contributed by atoms with Crippen molar-refractivity contribution in [3.63, 3.8) is 0 Å². The predicted molar refractivity (Wildman–Crippen MR) is 115 cm³/mol. The summed E-state index contributed by atoms with van der Waals surface area (Å²) in [7, 11) is -2.36. The summed E-state index contributed by atoms with van der Waals surface area (Å²) in [6, 6.07) is 13.2. The molecule has 0 aliphatic heterocycles. The first-order valence-corrected chi connectivity index (χ1v) is 11.4. The Bertz CT molecular complexity index is 1120. The molecule has 3 N–H and O–H groups in total. The number of rotatable bonds is 10. The molecule has 1 heterocycles. The third-order valence-corrected chi connectivity index (χ3v) is 5.73. The van der Waals surface area contributed by atoms with Gasteiger partial charge in [-0.25, -0.2) is 27.6 Å². The molecule has 10 heteroatoms. The van der Waals surface area contributed by atoms with E-state index in [1.807, 2.05) is 37.3 Å². The predicted octanol–water partition coefficient (Wildman–Crippen LogP) is 2.33. The van der Waals surface area contributed by atoms with Gasteiger partial charge in [0, 0.05) is 19.6 Å². The molecule has 1 aromatic heterocycles. The molecule has 0 aliphatic carbocycles. The van der Waals surface area contributed by atoms with Gasteiger partial charge >= 0.3 is 0 Å². The summed E-state index contributed by atoms with van der Waals surface area (Å²) < 4.78 is 44.4. The van der Waals surface area contributed by atoms with Crippen LogP contribution in [0.4, 0.5) is 4.39 Å². The van der Waals surface area contributed by atoms with Gasteiger partial charge in [0.15, 0.2) is 5.82 Å². The van der Waals surface area contributed by atoms with Gasteiger partial charge < -0.3 is 10.1 Å². The van der Waals surface area contributed by atoms with Crippen molar-refractivity contribution in [3.8, 4) is 5.69 Å². The smallest absolute Gasteiger partial charge is 0.238 e. The molecule has 166 valence electrons. The van der Waals surface area contributed by atoms with E-state index >= 15 is 0 Å². The Hall–Kier alpha value is -2.66. The number of halogens is 1. The number of methoxy groups -OCH3 is 1. The van der Waals surface area contributed by atoms with Gasteiger partial charge in [0.2, 0.25) is 10.0 Å². The minimum Gasteiger partial charge on any atom is -0.385 e. The molecule has 0 saturated carbocycles. The Morgan fingerprint density at radius 2 is 1.97 bits per heavy atom. The van der Waals surface area contributed by atoms with E-state index in [-0.39, 0.29) is 16.5 Å². The van der Waals surface area contributed by atoms with Crippen molar-refractivity contribution < 1.29 is 17.5 Å². The van der Waals surface area contributed by atoms with E-state index in [1.54, 1.807) is 7.11 Å². The van der Waals surface area contributed by atoms with Crippen LogP contribution in [0.15, 0.2) is 53.4 Å². The maximum atomic E-state index is 14.9. The van der Waals surface area contributed by atoms with E-state index in [2.05, 4.69) is 15.4 Å². The number of benzene rings is 2. The first-order valence-electron chi connectivity index (χ1n) is 9.84. The first-order chi connectivity index (χ1) is 14.8. The van der Waals surface area contributed by atoms with Crippen molar-refractivity contribution in [1.82, 2.24) is 20.1 Å². The molecule has 31 heavy (non-hydrogen) atoms. The third-order valence-electron chi connectivity index (χ3n) is 4.82. The number of hydrogen-bond acceptors (Lipinski definition) is 6. The summed E-state index contributed by atoms with van der Waals surface area (Å²) in [6.07, 6.45) is 0.841. The summed E-state index contributed by atoms with van der Waals surface area (Å²) in [5.41, 5.74) is 1.10. The highest BCUT2D eigenvalue weighted by Crippen LogP contribution is 2.26. The lowest BCUT2D eigenvalue weighted by molar-refractivity contribution is 0.194. The normalized spacial score (nSPS) is 12.8. The fraction of sp³-hybridized carbons (Fsp3) is 0.333. The molecule has 0 bridgehead atoms. The topological polar surface area (TPSA) is 112 Å². The number of nitrogens with two attached hydrogens (primary N) is 1. The largest absolute Gasteiger partial charge is 0.385 e. The van der Waals surface area contributed by atoms with Gasteiger partial charge in [0.1, 0.15) is 17.3 Å². The van der Waals surface area contributed by atoms with Crippen LogP contribution in [0.1, 0.15) is 36.5 Å². The standard InChI is InChI=1S/C21H26FN5O3S/c1-15(16-7-4-3-5-8-16)21-25-20(14-24-11-6-12-30-2)26-27(21)19-10-9-17(13-18(19)22)31(23,28)29/h3-5,7-10,13,15,24H,6,11-12,14H2,1-2H3,(H2,23,28,29). The van der Waals surface area contributed by atoms with Crippen molar-refractivity contribution in [1.29, 1.82) is 0 Å². The van der Waals surface area contributed by atoms with E-state index in [0.717, 1.165) is 24.6 Å². The highest BCUT2D eigenvalue weighted by Gasteiger charge is 2.22. The van der Waals surface area contributed by atoms with Crippen LogP contribution in [0.2, 0.25) is 0 Å². The highest BCUT2D eigenvalue weighted by molar-refractivity contribution is 7.89. The summed E-state index contributed by atoms with van der Waals surface area (Å²) in [4.78, 5) is 4.34. The van der Waals surface area contributed by atoms with E-state index in [1.165, 1.54) is 16.8 Å². The number of primary sulfonamides is 1. The molecule has 3 aromatic rings. The van der Waals surface area contributed by atoms with Crippen LogP contribution in [0.25, 0.3) is 5.69 Å². The minimum atomic E-state index is -4.01. The number of sulfonamides is 1. The van der Waals surface area contributed by atoms with Crippen LogP contribution in [0.5, 0.6) is 0 Å². The summed E-state index contributed by atoms with van der Waals surface area (Å²) >= 11 is 0. The van der Waals surface area contributed by atoms with Gasteiger partial charge in [0.25, 0.3) is 0 Å². The van der Waals surface area contributed by atoms with Gasteiger partial charge in [-0.2, -0.15) is 0 Å². The Morgan fingerprint density at radius 3 is 2.61 bits per heavy atom. The molecule has 2 aromatic carbocycles. The quantitative estimate of drug-likeness (QED) is 0.462. The van der Waals surface area contributed by atoms with Crippen LogP contribution >= 0.6 is 0 Å². The lowest BCUT2D eigenvalue weighted by atomic mass is 10.0. The molecule has 3 rings (SSSR count).